The predicted octanol–water partition coefficient (Wildman–Crippen LogP) is 4.89. The summed E-state index contributed by atoms with van der Waals surface area (Å²) < 4.78 is 0. The Labute approximate surface area is 103 Å². The van der Waals surface area contributed by atoms with Gasteiger partial charge in [-0.2, -0.15) is 0 Å². The Morgan fingerprint density at radius 3 is 2.12 bits per heavy atom. The largest absolute Gasteiger partial charge is 0.110 e. The predicted molar refractivity (Wildman–Crippen MR) is 75.6 cm³/mol. The van der Waals surface area contributed by atoms with E-state index in [0.29, 0.717) is 7.92 Å². The van der Waals surface area contributed by atoms with Gasteiger partial charge in [0.15, 0.2) is 0 Å². The van der Waals surface area contributed by atoms with Crippen LogP contribution in [0, 0.1) is 17.8 Å². The molecule has 2 aliphatic rings. The molecule has 0 aromatic rings. The molecule has 92 valence electrons. The average Bonchev–Trinajstić information content (AvgIpc) is 2.32. The Hall–Kier alpha value is 0.170. The Morgan fingerprint density at radius 2 is 1.56 bits per heavy atom. The van der Waals surface area contributed by atoms with Crippen LogP contribution in [-0.4, -0.2) is 19.0 Å². The van der Waals surface area contributed by atoms with Crippen LogP contribution in [0.2, 0.25) is 0 Å². The van der Waals surface area contributed by atoms with Gasteiger partial charge in [0.1, 0.15) is 0 Å². The molecule has 0 atom stereocenters. The van der Waals surface area contributed by atoms with Gasteiger partial charge in [0, 0.05) is 0 Å². The summed E-state index contributed by atoms with van der Waals surface area (Å²) in [5, 5.41) is 0. The molecule has 0 aromatic carbocycles. The standard InChI is InChI=1S/C15H27P/c1-3-4-13-5-7-14(8-6-13)15-9-11-16(2)12-10-15/h3,13-15H,1,4-12H2,2H3. The SMILES string of the molecule is C=CCC1CCC(C2CCP(C)CC2)CC1. The van der Waals surface area contributed by atoms with Crippen molar-refractivity contribution in [2.75, 3.05) is 19.0 Å². The Balaban J connectivity index is 1.74. The van der Waals surface area contributed by atoms with Gasteiger partial charge in [-0.25, -0.2) is 0 Å². The van der Waals surface area contributed by atoms with E-state index in [1.165, 1.54) is 32.1 Å². The van der Waals surface area contributed by atoms with Crippen LogP contribution >= 0.6 is 7.92 Å². The lowest BCUT2D eigenvalue weighted by molar-refractivity contribution is 0.195. The minimum atomic E-state index is 0.433. The molecule has 0 amide bonds. The van der Waals surface area contributed by atoms with Gasteiger partial charge in [0.05, 0.1) is 0 Å². The van der Waals surface area contributed by atoms with E-state index in [1.54, 1.807) is 25.2 Å². The summed E-state index contributed by atoms with van der Waals surface area (Å²) in [5.74, 6) is 3.16. The molecule has 1 heterocycles. The molecule has 1 aliphatic heterocycles. The zero-order valence-corrected chi connectivity index (χ0v) is 11.7. The van der Waals surface area contributed by atoms with Crippen molar-refractivity contribution in [2.45, 2.75) is 44.9 Å². The van der Waals surface area contributed by atoms with Gasteiger partial charge in [-0.1, -0.05) is 6.08 Å². The maximum atomic E-state index is 3.87. The summed E-state index contributed by atoms with van der Waals surface area (Å²) in [5.41, 5.74) is 0. The summed E-state index contributed by atoms with van der Waals surface area (Å²) in [6, 6.07) is 0. The first-order chi connectivity index (χ1) is 7.79. The fourth-order valence-corrected chi connectivity index (χ4v) is 5.40. The summed E-state index contributed by atoms with van der Waals surface area (Å²) in [4.78, 5) is 0. The van der Waals surface area contributed by atoms with Crippen LogP contribution in [0.4, 0.5) is 0 Å². The van der Waals surface area contributed by atoms with E-state index in [2.05, 4.69) is 19.3 Å². The first kappa shape index (κ1) is 12.6. The molecule has 0 bridgehead atoms. The van der Waals surface area contributed by atoms with Crippen LogP contribution in [0.25, 0.3) is 0 Å². The van der Waals surface area contributed by atoms with E-state index in [0.717, 1.165) is 17.8 Å². The quantitative estimate of drug-likeness (QED) is 0.485. The fourth-order valence-electron chi connectivity index (χ4n) is 3.63. The van der Waals surface area contributed by atoms with E-state index in [1.807, 2.05) is 0 Å². The Kier molecular flexibility index (Phi) is 4.89. The minimum absolute atomic E-state index is 0.433. The minimum Gasteiger partial charge on any atom is -0.110 e. The highest BCUT2D eigenvalue weighted by Gasteiger charge is 2.29. The van der Waals surface area contributed by atoms with Crippen molar-refractivity contribution in [3.05, 3.63) is 12.7 Å². The molecule has 0 unspecified atom stereocenters. The lowest BCUT2D eigenvalue weighted by Crippen LogP contribution is -2.25. The van der Waals surface area contributed by atoms with Crippen molar-refractivity contribution < 1.29 is 0 Å². The second-order valence-electron chi connectivity index (χ2n) is 5.95. The number of allylic oxidation sites excluding steroid dienone is 1. The third-order valence-electron chi connectivity index (χ3n) is 4.82. The second kappa shape index (κ2) is 6.20. The Morgan fingerprint density at radius 1 is 1.00 bits per heavy atom. The van der Waals surface area contributed by atoms with E-state index in [4.69, 9.17) is 0 Å². The van der Waals surface area contributed by atoms with Crippen LogP contribution in [0.5, 0.6) is 0 Å². The second-order valence-corrected chi connectivity index (χ2v) is 8.55. The van der Waals surface area contributed by atoms with Crippen LogP contribution in [0.1, 0.15) is 44.9 Å². The monoisotopic (exact) mass is 238 g/mol. The molecule has 0 aromatic heterocycles. The molecule has 2 fully saturated rings. The van der Waals surface area contributed by atoms with Crippen molar-refractivity contribution >= 4 is 7.92 Å². The fraction of sp³-hybridized carbons (Fsp3) is 0.867. The first-order valence-electron chi connectivity index (χ1n) is 7.09. The zero-order chi connectivity index (χ0) is 11.4. The number of rotatable bonds is 3. The molecular formula is C15H27P. The van der Waals surface area contributed by atoms with E-state index in [9.17, 15) is 0 Å². The number of hydrogen-bond acceptors (Lipinski definition) is 0. The van der Waals surface area contributed by atoms with E-state index < -0.39 is 0 Å². The van der Waals surface area contributed by atoms with Gasteiger partial charge in [0.2, 0.25) is 0 Å². The highest BCUT2D eigenvalue weighted by Crippen LogP contribution is 2.46. The third kappa shape index (κ3) is 3.33. The molecule has 1 saturated heterocycles. The lowest BCUT2D eigenvalue weighted by Gasteiger charge is -2.37. The summed E-state index contributed by atoms with van der Waals surface area (Å²) in [6.07, 6.45) is 15.6. The van der Waals surface area contributed by atoms with Crippen molar-refractivity contribution in [1.29, 1.82) is 0 Å². The average molecular weight is 238 g/mol. The molecule has 1 aliphatic carbocycles. The van der Waals surface area contributed by atoms with Gasteiger partial charge >= 0.3 is 0 Å². The summed E-state index contributed by atoms with van der Waals surface area (Å²) in [6.45, 7) is 6.37. The van der Waals surface area contributed by atoms with Gasteiger partial charge in [-0.15, -0.1) is 14.5 Å². The maximum absolute atomic E-state index is 3.87. The summed E-state index contributed by atoms with van der Waals surface area (Å²) >= 11 is 0. The maximum Gasteiger partial charge on any atom is -0.0325 e. The molecule has 0 N–H and O–H groups in total. The van der Waals surface area contributed by atoms with Crippen LogP contribution in [-0.2, 0) is 0 Å². The first-order valence-corrected chi connectivity index (χ1v) is 9.25. The third-order valence-corrected chi connectivity index (χ3v) is 6.86. The topological polar surface area (TPSA) is 0 Å². The molecule has 2 rings (SSSR count). The smallest absolute Gasteiger partial charge is 0.0325 e. The van der Waals surface area contributed by atoms with Crippen LogP contribution in [0.15, 0.2) is 12.7 Å². The molecule has 0 spiro atoms. The van der Waals surface area contributed by atoms with Gasteiger partial charge in [0.25, 0.3) is 0 Å². The van der Waals surface area contributed by atoms with Crippen molar-refractivity contribution in [3.8, 4) is 0 Å². The normalized spacial score (nSPS) is 40.6. The molecule has 0 radical (unpaired) electrons. The van der Waals surface area contributed by atoms with Crippen LogP contribution < -0.4 is 0 Å². The molecule has 0 nitrogen and oxygen atoms in total. The highest BCUT2D eigenvalue weighted by atomic mass is 31.1. The van der Waals surface area contributed by atoms with Crippen molar-refractivity contribution in [2.24, 2.45) is 17.8 Å². The van der Waals surface area contributed by atoms with Gasteiger partial charge < -0.3 is 0 Å². The Bertz CT molecular complexity index is 207. The summed E-state index contributed by atoms with van der Waals surface area (Å²) in [7, 11) is 0.433. The molecular weight excluding hydrogens is 211 g/mol. The van der Waals surface area contributed by atoms with Gasteiger partial charge in [-0.05, 0) is 81.7 Å². The van der Waals surface area contributed by atoms with Gasteiger partial charge in [-0.3, -0.25) is 0 Å². The molecule has 16 heavy (non-hydrogen) atoms. The van der Waals surface area contributed by atoms with Crippen molar-refractivity contribution in [1.82, 2.24) is 0 Å². The van der Waals surface area contributed by atoms with E-state index in [-0.39, 0.29) is 0 Å². The highest BCUT2D eigenvalue weighted by molar-refractivity contribution is 7.56. The molecule has 1 heteroatoms. The number of hydrogen-bond donors (Lipinski definition) is 0. The van der Waals surface area contributed by atoms with Crippen LogP contribution in [0.3, 0.4) is 0 Å². The lowest BCUT2D eigenvalue weighted by atomic mass is 9.73. The zero-order valence-electron chi connectivity index (χ0n) is 10.8. The van der Waals surface area contributed by atoms with Crippen molar-refractivity contribution in [3.63, 3.8) is 0 Å². The van der Waals surface area contributed by atoms with E-state index >= 15 is 0 Å². The molecule has 1 saturated carbocycles.